The zero-order valence-corrected chi connectivity index (χ0v) is 16.5. The van der Waals surface area contributed by atoms with Crippen LogP contribution in [0.25, 0.3) is 16.9 Å². The summed E-state index contributed by atoms with van der Waals surface area (Å²) in [6, 6.07) is 17.9. The highest BCUT2D eigenvalue weighted by Gasteiger charge is 2.39. The van der Waals surface area contributed by atoms with Crippen molar-refractivity contribution in [3.8, 4) is 16.9 Å². The van der Waals surface area contributed by atoms with Crippen LogP contribution in [0, 0.1) is 0 Å². The molecule has 2 aliphatic heterocycles. The minimum absolute atomic E-state index is 0.0399. The van der Waals surface area contributed by atoms with Crippen LogP contribution in [-0.2, 0) is 4.74 Å². The van der Waals surface area contributed by atoms with Crippen molar-refractivity contribution >= 4 is 5.91 Å². The van der Waals surface area contributed by atoms with Gasteiger partial charge in [0.05, 0.1) is 17.6 Å². The van der Waals surface area contributed by atoms with E-state index < -0.39 is 0 Å². The van der Waals surface area contributed by atoms with Gasteiger partial charge in [0.2, 0.25) is 0 Å². The molecule has 0 aliphatic carbocycles. The van der Waals surface area contributed by atoms with Crippen molar-refractivity contribution in [2.24, 2.45) is 0 Å². The number of likely N-dealkylation sites (tertiary alicyclic amines) is 1. The number of para-hydroxylation sites is 1. The van der Waals surface area contributed by atoms with Crippen molar-refractivity contribution in [1.82, 2.24) is 14.5 Å². The monoisotopic (exact) mass is 387 g/mol. The van der Waals surface area contributed by atoms with Crippen LogP contribution >= 0.6 is 0 Å². The summed E-state index contributed by atoms with van der Waals surface area (Å²) in [5, 5.41) is 0. The molecule has 0 unspecified atom stereocenters. The first-order valence-electron chi connectivity index (χ1n) is 10.4. The van der Waals surface area contributed by atoms with Gasteiger partial charge >= 0.3 is 0 Å². The lowest BCUT2D eigenvalue weighted by Crippen LogP contribution is -2.46. The number of hydrogen-bond acceptors (Lipinski definition) is 3. The Kier molecular flexibility index (Phi) is 4.68. The van der Waals surface area contributed by atoms with Crippen LogP contribution in [-0.4, -0.2) is 45.7 Å². The van der Waals surface area contributed by atoms with E-state index in [4.69, 9.17) is 4.74 Å². The largest absolute Gasteiger partial charge is 0.375 e. The van der Waals surface area contributed by atoms with Gasteiger partial charge in [-0.2, -0.15) is 0 Å². The first-order valence-corrected chi connectivity index (χ1v) is 10.4. The molecule has 2 saturated heterocycles. The van der Waals surface area contributed by atoms with E-state index in [0.29, 0.717) is 0 Å². The second kappa shape index (κ2) is 7.48. The second-order valence-corrected chi connectivity index (χ2v) is 8.01. The predicted molar refractivity (Wildman–Crippen MR) is 112 cm³/mol. The Morgan fingerprint density at radius 1 is 0.966 bits per heavy atom. The van der Waals surface area contributed by atoms with Crippen molar-refractivity contribution in [2.45, 2.75) is 31.3 Å². The molecule has 2 aromatic carbocycles. The van der Waals surface area contributed by atoms with Gasteiger partial charge in [0.15, 0.2) is 0 Å². The highest BCUT2D eigenvalue weighted by atomic mass is 16.5. The quantitative estimate of drug-likeness (QED) is 0.672. The van der Waals surface area contributed by atoms with Crippen LogP contribution in [0.4, 0.5) is 0 Å². The van der Waals surface area contributed by atoms with Gasteiger partial charge < -0.3 is 14.2 Å². The van der Waals surface area contributed by atoms with E-state index >= 15 is 0 Å². The van der Waals surface area contributed by atoms with Gasteiger partial charge in [0, 0.05) is 42.7 Å². The maximum atomic E-state index is 12.9. The van der Waals surface area contributed by atoms with Gasteiger partial charge in [-0.25, -0.2) is 4.98 Å². The van der Waals surface area contributed by atoms with Crippen molar-refractivity contribution < 1.29 is 9.53 Å². The predicted octanol–water partition coefficient (Wildman–Crippen LogP) is 4.32. The van der Waals surface area contributed by atoms with Crippen LogP contribution in [0.2, 0.25) is 0 Å². The molecule has 0 saturated carbocycles. The average molecular weight is 387 g/mol. The van der Waals surface area contributed by atoms with Crippen molar-refractivity contribution in [2.75, 3.05) is 19.7 Å². The maximum absolute atomic E-state index is 12.9. The highest BCUT2D eigenvalue weighted by molar-refractivity contribution is 5.94. The van der Waals surface area contributed by atoms with Crippen molar-refractivity contribution in [1.29, 1.82) is 0 Å². The third-order valence-corrected chi connectivity index (χ3v) is 6.21. The first kappa shape index (κ1) is 18.1. The van der Waals surface area contributed by atoms with E-state index in [1.54, 1.807) is 0 Å². The minimum Gasteiger partial charge on any atom is -0.375 e. The summed E-state index contributed by atoms with van der Waals surface area (Å²) in [6.45, 7) is 2.43. The molecule has 3 heterocycles. The van der Waals surface area contributed by atoms with E-state index in [1.165, 1.54) is 0 Å². The number of amides is 1. The van der Waals surface area contributed by atoms with E-state index in [9.17, 15) is 4.79 Å². The lowest BCUT2D eigenvalue weighted by atomic mass is 9.88. The molecule has 3 aromatic rings. The molecular weight excluding hydrogens is 362 g/mol. The summed E-state index contributed by atoms with van der Waals surface area (Å²) < 4.78 is 7.97. The number of imidazole rings is 1. The fourth-order valence-corrected chi connectivity index (χ4v) is 4.45. The van der Waals surface area contributed by atoms with Crippen LogP contribution in [0.5, 0.6) is 0 Å². The lowest BCUT2D eigenvalue weighted by molar-refractivity contribution is -0.0387. The molecule has 1 aromatic heterocycles. The number of aromatic nitrogens is 2. The summed E-state index contributed by atoms with van der Waals surface area (Å²) in [6.07, 6.45) is 8.02. The molecule has 1 spiro atoms. The molecule has 148 valence electrons. The third kappa shape index (κ3) is 3.58. The summed E-state index contributed by atoms with van der Waals surface area (Å²) in [7, 11) is 0. The Labute approximate surface area is 170 Å². The zero-order valence-electron chi connectivity index (χ0n) is 16.5. The Balaban J connectivity index is 1.27. The Morgan fingerprint density at radius 3 is 2.41 bits per heavy atom. The van der Waals surface area contributed by atoms with Gasteiger partial charge in [0.1, 0.15) is 0 Å². The normalized spacial score (nSPS) is 18.3. The average Bonchev–Trinajstić information content (AvgIpc) is 3.45. The van der Waals surface area contributed by atoms with Crippen molar-refractivity contribution in [3.63, 3.8) is 0 Å². The fourth-order valence-electron chi connectivity index (χ4n) is 4.45. The number of piperidine rings is 1. The van der Waals surface area contributed by atoms with Gasteiger partial charge in [-0.3, -0.25) is 4.79 Å². The molecule has 5 nitrogen and oxygen atoms in total. The Bertz CT molecular complexity index is 978. The number of ether oxygens (including phenoxy) is 1. The molecule has 5 heteroatoms. The Morgan fingerprint density at radius 2 is 1.72 bits per heavy atom. The highest BCUT2D eigenvalue weighted by Crippen LogP contribution is 2.36. The molecule has 1 amide bonds. The number of carbonyl (C=O) groups is 1. The van der Waals surface area contributed by atoms with Gasteiger partial charge in [-0.15, -0.1) is 0 Å². The number of rotatable bonds is 3. The molecule has 29 heavy (non-hydrogen) atoms. The van der Waals surface area contributed by atoms with Gasteiger partial charge in [-0.1, -0.05) is 30.3 Å². The van der Waals surface area contributed by atoms with Crippen LogP contribution in [0.15, 0.2) is 67.1 Å². The molecule has 0 atom stereocenters. The van der Waals surface area contributed by atoms with E-state index in [0.717, 1.165) is 67.9 Å². The Hall–Kier alpha value is -2.92. The maximum Gasteiger partial charge on any atom is 0.253 e. The summed E-state index contributed by atoms with van der Waals surface area (Å²) in [4.78, 5) is 19.4. The standard InChI is InChI=1S/C24H25N3O2/c28-23(26-14-12-24(13-15-26)11-4-16-29-24)20-9-7-19(8-10-20)22-17-27(18-25-22)21-5-2-1-3-6-21/h1-3,5-10,17-18H,4,11-16H2. The van der Waals surface area contributed by atoms with Gasteiger partial charge in [-0.05, 0) is 49.9 Å². The summed E-state index contributed by atoms with van der Waals surface area (Å²) in [5.41, 5.74) is 3.75. The van der Waals surface area contributed by atoms with Crippen LogP contribution < -0.4 is 0 Å². The minimum atomic E-state index is 0.0399. The fraction of sp³-hybridized carbons (Fsp3) is 0.333. The van der Waals surface area contributed by atoms with Crippen molar-refractivity contribution in [3.05, 3.63) is 72.7 Å². The smallest absolute Gasteiger partial charge is 0.253 e. The number of carbonyl (C=O) groups excluding carboxylic acids is 1. The molecule has 0 N–H and O–H groups in total. The molecule has 5 rings (SSSR count). The number of benzene rings is 2. The molecule has 2 fully saturated rings. The number of hydrogen-bond donors (Lipinski definition) is 0. The molecule has 0 bridgehead atoms. The zero-order chi connectivity index (χ0) is 19.7. The van der Waals surface area contributed by atoms with Crippen LogP contribution in [0.3, 0.4) is 0 Å². The molecule has 0 radical (unpaired) electrons. The summed E-state index contributed by atoms with van der Waals surface area (Å²) >= 11 is 0. The molecular formula is C24H25N3O2. The topological polar surface area (TPSA) is 47.4 Å². The third-order valence-electron chi connectivity index (χ3n) is 6.21. The van der Waals surface area contributed by atoms with E-state index in [1.807, 2.05) is 76.6 Å². The van der Waals surface area contributed by atoms with E-state index in [2.05, 4.69) is 4.98 Å². The lowest BCUT2D eigenvalue weighted by Gasteiger charge is -2.38. The molecule has 2 aliphatic rings. The second-order valence-electron chi connectivity index (χ2n) is 8.01. The van der Waals surface area contributed by atoms with Gasteiger partial charge in [0.25, 0.3) is 5.91 Å². The first-order chi connectivity index (χ1) is 14.2. The van der Waals surface area contributed by atoms with E-state index in [-0.39, 0.29) is 11.5 Å². The summed E-state index contributed by atoms with van der Waals surface area (Å²) in [5.74, 6) is 0.110. The van der Waals surface area contributed by atoms with Crippen LogP contribution in [0.1, 0.15) is 36.0 Å². The SMILES string of the molecule is O=C(c1ccc(-c2cn(-c3ccccc3)cn2)cc1)N1CCC2(CCCO2)CC1. The number of nitrogens with zero attached hydrogens (tertiary/aromatic N) is 3.